The van der Waals surface area contributed by atoms with Crippen molar-refractivity contribution in [2.75, 3.05) is 26.2 Å². The van der Waals surface area contributed by atoms with E-state index in [-0.39, 0.29) is 0 Å². The van der Waals surface area contributed by atoms with Gasteiger partial charge in [-0.3, -0.25) is 0 Å². The van der Waals surface area contributed by atoms with Crippen molar-refractivity contribution in [2.45, 2.75) is 39.2 Å². The van der Waals surface area contributed by atoms with E-state index < -0.39 is 0 Å². The summed E-state index contributed by atoms with van der Waals surface area (Å²) in [7, 11) is 0. The molecule has 0 unspecified atom stereocenters. The van der Waals surface area contributed by atoms with Crippen molar-refractivity contribution >= 4 is 0 Å². The molecule has 1 aliphatic rings. The number of pyridine rings is 1. The minimum atomic E-state index is 0.703. The zero-order chi connectivity index (χ0) is 16.6. The van der Waals surface area contributed by atoms with Gasteiger partial charge in [-0.05, 0) is 50.6 Å². The van der Waals surface area contributed by atoms with Crippen molar-refractivity contribution in [3.05, 3.63) is 59.9 Å². The normalized spacial score (nSPS) is 15.4. The summed E-state index contributed by atoms with van der Waals surface area (Å²) >= 11 is 0. The summed E-state index contributed by atoms with van der Waals surface area (Å²) in [5, 5.41) is 0. The number of nitrogens with zero attached hydrogens (tertiary/aromatic N) is 2. The Labute approximate surface area is 145 Å². The van der Waals surface area contributed by atoms with Crippen molar-refractivity contribution in [3.8, 4) is 5.75 Å². The third-order valence-electron chi connectivity index (χ3n) is 4.76. The van der Waals surface area contributed by atoms with Crippen LogP contribution in [0, 0.1) is 6.92 Å². The number of piperidine rings is 1. The van der Waals surface area contributed by atoms with Crippen LogP contribution in [0.4, 0.5) is 0 Å². The summed E-state index contributed by atoms with van der Waals surface area (Å²) in [6, 6.07) is 14.8. The number of ether oxygens (including phenoxy) is 1. The van der Waals surface area contributed by atoms with Gasteiger partial charge in [-0.2, -0.15) is 4.57 Å². The summed E-state index contributed by atoms with van der Waals surface area (Å²) < 4.78 is 8.24. The van der Waals surface area contributed by atoms with E-state index in [1.807, 2.05) is 12.1 Å². The molecule has 1 aliphatic heterocycles. The minimum Gasteiger partial charge on any atom is -0.487 e. The largest absolute Gasteiger partial charge is 0.487 e. The predicted molar refractivity (Wildman–Crippen MR) is 97.3 cm³/mol. The Morgan fingerprint density at radius 1 is 1.04 bits per heavy atom. The Bertz CT molecular complexity index is 635. The van der Waals surface area contributed by atoms with Crippen LogP contribution in [0.25, 0.3) is 0 Å². The van der Waals surface area contributed by atoms with E-state index in [9.17, 15) is 0 Å². The fourth-order valence-corrected chi connectivity index (χ4v) is 3.38. The van der Waals surface area contributed by atoms with E-state index >= 15 is 0 Å². The SMILES string of the molecule is Cc1cccc(OCC[n+]2ccccc2CCN2CCCCC2)c1. The number of aryl methyl sites for hydroxylation is 1. The lowest BCUT2D eigenvalue weighted by Crippen LogP contribution is -2.42. The molecule has 0 amide bonds. The van der Waals surface area contributed by atoms with Crippen LogP contribution in [0.15, 0.2) is 48.7 Å². The van der Waals surface area contributed by atoms with Gasteiger partial charge < -0.3 is 9.64 Å². The van der Waals surface area contributed by atoms with Crippen molar-refractivity contribution in [1.29, 1.82) is 0 Å². The molecule has 0 saturated carbocycles. The van der Waals surface area contributed by atoms with Crippen LogP contribution in [-0.4, -0.2) is 31.1 Å². The van der Waals surface area contributed by atoms with Crippen molar-refractivity contribution in [3.63, 3.8) is 0 Å². The van der Waals surface area contributed by atoms with Crippen molar-refractivity contribution in [2.24, 2.45) is 0 Å². The van der Waals surface area contributed by atoms with E-state index in [0.29, 0.717) is 6.61 Å². The van der Waals surface area contributed by atoms with Crippen molar-refractivity contribution < 1.29 is 9.30 Å². The molecule has 1 aromatic heterocycles. The van der Waals surface area contributed by atoms with E-state index in [4.69, 9.17) is 4.74 Å². The quantitative estimate of drug-likeness (QED) is 0.726. The van der Waals surface area contributed by atoms with Gasteiger partial charge in [0.05, 0.1) is 0 Å². The first-order valence-electron chi connectivity index (χ1n) is 9.20. The van der Waals surface area contributed by atoms with Gasteiger partial charge in [-0.15, -0.1) is 0 Å². The zero-order valence-electron chi connectivity index (χ0n) is 14.8. The fraction of sp³-hybridized carbons (Fsp3) is 0.476. The highest BCUT2D eigenvalue weighted by atomic mass is 16.5. The first-order chi connectivity index (χ1) is 11.8. The number of rotatable bonds is 7. The molecule has 0 radical (unpaired) electrons. The predicted octanol–water partition coefficient (Wildman–Crippen LogP) is 3.39. The number of hydrogen-bond donors (Lipinski definition) is 0. The van der Waals surface area contributed by atoms with Gasteiger partial charge in [0.15, 0.2) is 18.4 Å². The van der Waals surface area contributed by atoms with E-state index in [2.05, 4.69) is 52.9 Å². The molecule has 128 valence electrons. The second kappa shape index (κ2) is 8.84. The second-order valence-corrected chi connectivity index (χ2v) is 6.70. The Hall–Kier alpha value is -1.87. The monoisotopic (exact) mass is 325 g/mol. The van der Waals surface area contributed by atoms with Crippen LogP contribution in [0.2, 0.25) is 0 Å². The first-order valence-corrected chi connectivity index (χ1v) is 9.20. The Morgan fingerprint density at radius 3 is 2.75 bits per heavy atom. The molecule has 0 aliphatic carbocycles. The third kappa shape index (κ3) is 5.07. The number of benzene rings is 1. The van der Waals surface area contributed by atoms with Gasteiger partial charge in [0, 0.05) is 25.1 Å². The lowest BCUT2D eigenvalue weighted by atomic mass is 10.1. The molecule has 3 rings (SSSR count). The number of likely N-dealkylation sites (tertiary alicyclic amines) is 1. The Balaban J connectivity index is 1.51. The Morgan fingerprint density at radius 2 is 1.92 bits per heavy atom. The zero-order valence-corrected chi connectivity index (χ0v) is 14.8. The molecule has 1 saturated heterocycles. The summed E-state index contributed by atoms with van der Waals surface area (Å²) in [5.41, 5.74) is 2.64. The lowest BCUT2D eigenvalue weighted by Gasteiger charge is -2.25. The molecule has 1 aromatic carbocycles. The fourth-order valence-electron chi connectivity index (χ4n) is 3.38. The highest BCUT2D eigenvalue weighted by Crippen LogP contribution is 2.12. The van der Waals surface area contributed by atoms with Crippen LogP contribution < -0.4 is 9.30 Å². The van der Waals surface area contributed by atoms with Gasteiger partial charge in [0.2, 0.25) is 0 Å². The maximum Gasteiger partial charge on any atom is 0.182 e. The number of hydrogen-bond acceptors (Lipinski definition) is 2. The summed E-state index contributed by atoms with van der Waals surface area (Å²) in [6.07, 6.45) is 7.41. The Kier molecular flexibility index (Phi) is 6.25. The molecule has 0 atom stereocenters. The topological polar surface area (TPSA) is 16.4 Å². The van der Waals surface area contributed by atoms with E-state index in [1.54, 1.807) is 0 Å². The summed E-state index contributed by atoms with van der Waals surface area (Å²) in [5.74, 6) is 0.960. The van der Waals surface area contributed by atoms with Gasteiger partial charge in [-0.1, -0.05) is 24.6 Å². The highest BCUT2D eigenvalue weighted by Gasteiger charge is 2.14. The summed E-state index contributed by atoms with van der Waals surface area (Å²) in [4.78, 5) is 2.60. The number of aromatic nitrogens is 1. The third-order valence-corrected chi connectivity index (χ3v) is 4.76. The molecule has 0 N–H and O–H groups in total. The smallest absolute Gasteiger partial charge is 0.182 e. The first kappa shape index (κ1) is 17.0. The standard InChI is InChI=1S/C21H29N2O/c1-19-8-7-10-21(18-19)24-17-16-23-14-6-3-9-20(23)11-15-22-12-4-2-5-13-22/h3,6-10,14,18H,2,4-5,11-13,15-17H2,1H3/q+1. The molecule has 0 spiro atoms. The second-order valence-electron chi connectivity index (χ2n) is 6.70. The van der Waals surface area contributed by atoms with Gasteiger partial charge >= 0.3 is 0 Å². The van der Waals surface area contributed by atoms with E-state index in [1.165, 1.54) is 50.2 Å². The molecule has 0 bridgehead atoms. The maximum atomic E-state index is 5.91. The van der Waals surface area contributed by atoms with Crippen LogP contribution >= 0.6 is 0 Å². The van der Waals surface area contributed by atoms with Crippen LogP contribution in [-0.2, 0) is 13.0 Å². The molecule has 1 fully saturated rings. The molecule has 2 heterocycles. The molecular weight excluding hydrogens is 296 g/mol. The molecular formula is C21H29N2O+. The van der Waals surface area contributed by atoms with E-state index in [0.717, 1.165) is 18.7 Å². The van der Waals surface area contributed by atoms with Gasteiger partial charge in [-0.25, -0.2) is 0 Å². The van der Waals surface area contributed by atoms with Crippen LogP contribution in [0.1, 0.15) is 30.5 Å². The van der Waals surface area contributed by atoms with Gasteiger partial charge in [0.1, 0.15) is 12.4 Å². The average molecular weight is 325 g/mol. The highest BCUT2D eigenvalue weighted by molar-refractivity contribution is 5.27. The molecule has 3 nitrogen and oxygen atoms in total. The molecule has 24 heavy (non-hydrogen) atoms. The molecule has 3 heteroatoms. The maximum absolute atomic E-state index is 5.91. The van der Waals surface area contributed by atoms with Crippen LogP contribution in [0.5, 0.6) is 5.75 Å². The minimum absolute atomic E-state index is 0.703. The molecule has 2 aromatic rings. The van der Waals surface area contributed by atoms with Gasteiger partial charge in [0.25, 0.3) is 0 Å². The average Bonchev–Trinajstić information content (AvgIpc) is 2.62. The lowest BCUT2D eigenvalue weighted by molar-refractivity contribution is -0.704. The summed E-state index contributed by atoms with van der Waals surface area (Å²) in [6.45, 7) is 7.39. The van der Waals surface area contributed by atoms with Crippen molar-refractivity contribution in [1.82, 2.24) is 4.90 Å². The van der Waals surface area contributed by atoms with Crippen LogP contribution in [0.3, 0.4) is 0 Å².